The summed E-state index contributed by atoms with van der Waals surface area (Å²) < 4.78 is 32.9. The maximum absolute atomic E-state index is 12.7. The Morgan fingerprint density at radius 3 is 2.54 bits per heavy atom. The third-order valence-electron chi connectivity index (χ3n) is 3.62. The van der Waals surface area contributed by atoms with E-state index in [9.17, 15) is 18.5 Å². The van der Waals surface area contributed by atoms with Crippen LogP contribution < -0.4 is 9.46 Å². The molecule has 26 heavy (non-hydrogen) atoms. The van der Waals surface area contributed by atoms with Gasteiger partial charge in [0.2, 0.25) is 0 Å². The smallest absolute Gasteiger partial charge is 0.312 e. The van der Waals surface area contributed by atoms with Crippen molar-refractivity contribution in [2.75, 3.05) is 11.8 Å². The number of anilines is 1. The average Bonchev–Trinajstić information content (AvgIpc) is 3.15. The largest absolute Gasteiger partial charge is 0.490 e. The van der Waals surface area contributed by atoms with Crippen molar-refractivity contribution < 1.29 is 18.1 Å². The first-order valence-corrected chi connectivity index (χ1v) is 9.77. The molecule has 2 aromatic carbocycles. The number of nitrogens with zero attached hydrogens (tertiary/aromatic N) is 1. The van der Waals surface area contributed by atoms with Crippen molar-refractivity contribution in [1.29, 1.82) is 0 Å². The third-order valence-corrected chi connectivity index (χ3v) is 5.88. The van der Waals surface area contributed by atoms with Gasteiger partial charge in [-0.3, -0.25) is 14.8 Å². The first kappa shape index (κ1) is 17.9. The van der Waals surface area contributed by atoms with E-state index in [1.807, 2.05) is 23.6 Å². The summed E-state index contributed by atoms with van der Waals surface area (Å²) in [6, 6.07) is 14.2. The molecular weight excluding hydrogens is 376 g/mol. The Kier molecular flexibility index (Phi) is 4.92. The van der Waals surface area contributed by atoms with Gasteiger partial charge in [0.15, 0.2) is 5.75 Å². The summed E-state index contributed by atoms with van der Waals surface area (Å²) in [6.07, 6.45) is 0. The second-order valence-corrected chi connectivity index (χ2v) is 7.85. The summed E-state index contributed by atoms with van der Waals surface area (Å²) >= 11 is 1.48. The van der Waals surface area contributed by atoms with E-state index in [0.717, 1.165) is 16.5 Å². The number of methoxy groups -OCH3 is 1. The van der Waals surface area contributed by atoms with Gasteiger partial charge in [-0.05, 0) is 29.6 Å². The van der Waals surface area contributed by atoms with Crippen LogP contribution in [0.4, 0.5) is 11.4 Å². The summed E-state index contributed by atoms with van der Waals surface area (Å²) in [4.78, 5) is 11.1. The van der Waals surface area contributed by atoms with Gasteiger partial charge in [-0.25, -0.2) is 8.42 Å². The molecule has 3 rings (SSSR count). The van der Waals surface area contributed by atoms with Crippen molar-refractivity contribution >= 4 is 32.7 Å². The van der Waals surface area contributed by atoms with Crippen LogP contribution in [0.25, 0.3) is 10.4 Å². The van der Waals surface area contributed by atoms with Gasteiger partial charge in [0.05, 0.1) is 22.6 Å². The third kappa shape index (κ3) is 3.53. The van der Waals surface area contributed by atoms with Crippen LogP contribution in [0.3, 0.4) is 0 Å². The van der Waals surface area contributed by atoms with Crippen LogP contribution in [0, 0.1) is 10.1 Å². The molecule has 0 saturated carbocycles. The van der Waals surface area contributed by atoms with Crippen molar-refractivity contribution in [3.63, 3.8) is 0 Å². The first-order chi connectivity index (χ1) is 12.4. The Morgan fingerprint density at radius 2 is 1.88 bits per heavy atom. The predicted octanol–water partition coefficient (Wildman–Crippen LogP) is 4.13. The Bertz CT molecular complexity index is 1050. The van der Waals surface area contributed by atoms with Crippen LogP contribution in [0.5, 0.6) is 5.75 Å². The molecule has 0 aliphatic heterocycles. The maximum atomic E-state index is 12.7. The van der Waals surface area contributed by atoms with Gasteiger partial charge < -0.3 is 4.74 Å². The summed E-state index contributed by atoms with van der Waals surface area (Å²) in [5, 5.41) is 13.0. The van der Waals surface area contributed by atoms with E-state index in [-0.39, 0.29) is 10.6 Å². The van der Waals surface area contributed by atoms with Crippen LogP contribution in [0.2, 0.25) is 0 Å². The standard InChI is InChI=1S/C17H14N2O5S2/c1-24-16-9-8-12(11-15(16)19(20)21)26(22,23)18-14-6-3-2-5-13(14)17-7-4-10-25-17/h2-11,18H,1H3. The zero-order valence-electron chi connectivity index (χ0n) is 13.6. The van der Waals surface area contributed by atoms with E-state index in [0.29, 0.717) is 5.69 Å². The number of thiophene rings is 1. The highest BCUT2D eigenvalue weighted by atomic mass is 32.2. The summed E-state index contributed by atoms with van der Waals surface area (Å²) in [5.41, 5.74) is 0.712. The monoisotopic (exact) mass is 390 g/mol. The molecule has 0 atom stereocenters. The van der Waals surface area contributed by atoms with Gasteiger partial charge in [-0.2, -0.15) is 0 Å². The van der Waals surface area contributed by atoms with E-state index in [1.165, 1.54) is 30.6 Å². The summed E-state index contributed by atoms with van der Waals surface area (Å²) in [7, 11) is -2.73. The average molecular weight is 390 g/mol. The normalized spacial score (nSPS) is 11.1. The number of benzene rings is 2. The van der Waals surface area contributed by atoms with E-state index < -0.39 is 20.6 Å². The van der Waals surface area contributed by atoms with Gasteiger partial charge in [0.1, 0.15) is 0 Å². The molecule has 0 bridgehead atoms. The lowest BCUT2D eigenvalue weighted by Crippen LogP contribution is -2.14. The lowest BCUT2D eigenvalue weighted by Gasteiger charge is -2.12. The first-order valence-electron chi connectivity index (χ1n) is 7.40. The predicted molar refractivity (Wildman–Crippen MR) is 100 cm³/mol. The van der Waals surface area contributed by atoms with E-state index >= 15 is 0 Å². The lowest BCUT2D eigenvalue weighted by molar-refractivity contribution is -0.386. The summed E-state index contributed by atoms with van der Waals surface area (Å²) in [5.74, 6) is -0.00654. The van der Waals surface area contributed by atoms with Gasteiger partial charge in [-0.15, -0.1) is 11.3 Å². The van der Waals surface area contributed by atoms with Gasteiger partial charge in [-0.1, -0.05) is 24.3 Å². The molecule has 1 N–H and O–H groups in total. The molecular formula is C17H14N2O5S2. The minimum atomic E-state index is -4.01. The van der Waals surface area contributed by atoms with Crippen LogP contribution in [-0.4, -0.2) is 20.5 Å². The molecule has 134 valence electrons. The minimum Gasteiger partial charge on any atom is -0.490 e. The SMILES string of the molecule is COc1ccc(S(=O)(=O)Nc2ccccc2-c2cccs2)cc1[N+](=O)[O-]. The van der Waals surface area contributed by atoms with E-state index in [4.69, 9.17) is 4.74 Å². The highest BCUT2D eigenvalue weighted by Crippen LogP contribution is 2.34. The minimum absolute atomic E-state index is 0.00654. The molecule has 9 heteroatoms. The van der Waals surface area contributed by atoms with E-state index in [2.05, 4.69) is 4.72 Å². The van der Waals surface area contributed by atoms with Gasteiger partial charge in [0.25, 0.3) is 10.0 Å². The summed E-state index contributed by atoms with van der Waals surface area (Å²) in [6.45, 7) is 0. The quantitative estimate of drug-likeness (QED) is 0.504. The van der Waals surface area contributed by atoms with Gasteiger partial charge >= 0.3 is 5.69 Å². The van der Waals surface area contributed by atoms with Crippen LogP contribution >= 0.6 is 11.3 Å². The maximum Gasteiger partial charge on any atom is 0.312 e. The van der Waals surface area contributed by atoms with E-state index in [1.54, 1.807) is 18.2 Å². The number of sulfonamides is 1. The molecule has 0 radical (unpaired) electrons. The van der Waals surface area contributed by atoms with Crippen LogP contribution in [-0.2, 0) is 10.0 Å². The fourth-order valence-electron chi connectivity index (χ4n) is 2.40. The van der Waals surface area contributed by atoms with Crippen LogP contribution in [0.1, 0.15) is 0 Å². The number of ether oxygens (including phenoxy) is 1. The Hall–Kier alpha value is -2.91. The zero-order chi connectivity index (χ0) is 18.7. The molecule has 1 heterocycles. The number of rotatable bonds is 6. The second-order valence-electron chi connectivity index (χ2n) is 5.22. The number of hydrogen-bond donors (Lipinski definition) is 1. The zero-order valence-corrected chi connectivity index (χ0v) is 15.2. The molecule has 0 saturated heterocycles. The fourth-order valence-corrected chi connectivity index (χ4v) is 4.27. The molecule has 7 nitrogen and oxygen atoms in total. The molecule has 1 aromatic heterocycles. The molecule has 0 aliphatic carbocycles. The topological polar surface area (TPSA) is 98.5 Å². The Labute approximate surface area is 154 Å². The number of nitro groups is 1. The van der Waals surface area contributed by atoms with Crippen molar-refractivity contribution in [2.24, 2.45) is 0 Å². The number of para-hydroxylation sites is 1. The van der Waals surface area contributed by atoms with Crippen molar-refractivity contribution in [3.8, 4) is 16.2 Å². The molecule has 0 aliphatic rings. The van der Waals surface area contributed by atoms with Crippen molar-refractivity contribution in [3.05, 3.63) is 70.1 Å². The van der Waals surface area contributed by atoms with Gasteiger partial charge in [0, 0.05) is 16.5 Å². The van der Waals surface area contributed by atoms with Crippen molar-refractivity contribution in [2.45, 2.75) is 4.90 Å². The number of nitrogens with one attached hydrogen (secondary N) is 1. The lowest BCUT2D eigenvalue weighted by atomic mass is 10.1. The highest BCUT2D eigenvalue weighted by molar-refractivity contribution is 7.92. The Morgan fingerprint density at radius 1 is 1.12 bits per heavy atom. The number of nitro benzene ring substituents is 1. The van der Waals surface area contributed by atoms with Crippen molar-refractivity contribution in [1.82, 2.24) is 0 Å². The highest BCUT2D eigenvalue weighted by Gasteiger charge is 2.23. The van der Waals surface area contributed by atoms with Crippen LogP contribution in [0.15, 0.2) is 64.9 Å². The molecule has 0 amide bonds. The number of hydrogen-bond acceptors (Lipinski definition) is 6. The second kappa shape index (κ2) is 7.14. The Balaban J connectivity index is 2.01. The fraction of sp³-hybridized carbons (Fsp3) is 0.0588. The molecule has 0 spiro atoms. The molecule has 0 fully saturated rings. The molecule has 0 unspecified atom stereocenters. The molecule has 3 aromatic rings.